The fourth-order valence-corrected chi connectivity index (χ4v) is 1.70. The molecule has 1 amide bonds. The molecule has 18 heavy (non-hydrogen) atoms. The summed E-state index contributed by atoms with van der Waals surface area (Å²) in [6.45, 7) is 1.32. The summed E-state index contributed by atoms with van der Waals surface area (Å²) in [6, 6.07) is 0. The lowest BCUT2D eigenvalue weighted by molar-refractivity contribution is -0.114. The minimum Gasteiger partial charge on any atom is -0.296 e. The van der Waals surface area contributed by atoms with Crippen molar-refractivity contribution >= 4 is 54.9 Å². The van der Waals surface area contributed by atoms with Crippen molar-refractivity contribution in [3.8, 4) is 0 Å². The van der Waals surface area contributed by atoms with Crippen LogP contribution in [-0.2, 0) is 4.79 Å². The highest BCUT2D eigenvalue weighted by atomic mass is 79.9. The Balaban J connectivity index is 2.58. The van der Waals surface area contributed by atoms with E-state index in [0.29, 0.717) is 5.69 Å². The van der Waals surface area contributed by atoms with Gasteiger partial charge in [-0.2, -0.15) is 4.98 Å². The maximum absolute atomic E-state index is 11.8. The summed E-state index contributed by atoms with van der Waals surface area (Å²) in [7, 11) is 0. The molecule has 9 heteroatoms. The molecular weight excluding hydrogens is 370 g/mol. The third-order valence-electron chi connectivity index (χ3n) is 1.95. The number of alkyl halides is 2. The molecular formula is C9H7Br2N5O2. The Labute approximate surface area is 118 Å². The SMILES string of the molecule is CC(=O)Nc1nc2ncc(C(Br)Br)nc2c(=O)[nH]1. The van der Waals surface area contributed by atoms with Crippen molar-refractivity contribution in [2.75, 3.05) is 5.32 Å². The van der Waals surface area contributed by atoms with Crippen LogP contribution in [0.2, 0.25) is 0 Å². The summed E-state index contributed by atoms with van der Waals surface area (Å²) in [4.78, 5) is 37.2. The van der Waals surface area contributed by atoms with Crippen molar-refractivity contribution in [1.82, 2.24) is 19.9 Å². The van der Waals surface area contributed by atoms with Gasteiger partial charge in [0.2, 0.25) is 11.9 Å². The molecule has 0 saturated carbocycles. The van der Waals surface area contributed by atoms with E-state index in [-0.39, 0.29) is 26.8 Å². The van der Waals surface area contributed by atoms with Gasteiger partial charge in [0.1, 0.15) is 3.74 Å². The van der Waals surface area contributed by atoms with E-state index in [1.54, 1.807) is 0 Å². The summed E-state index contributed by atoms with van der Waals surface area (Å²) < 4.78 is -0.198. The van der Waals surface area contributed by atoms with Crippen LogP contribution in [0, 0.1) is 0 Å². The van der Waals surface area contributed by atoms with Crippen LogP contribution in [0.25, 0.3) is 11.2 Å². The van der Waals surface area contributed by atoms with Crippen molar-refractivity contribution < 1.29 is 4.79 Å². The van der Waals surface area contributed by atoms with Gasteiger partial charge in [-0.3, -0.25) is 19.9 Å². The first kappa shape index (κ1) is 13.1. The van der Waals surface area contributed by atoms with Crippen LogP contribution < -0.4 is 10.9 Å². The number of aromatic amines is 1. The van der Waals surface area contributed by atoms with Crippen molar-refractivity contribution in [2.24, 2.45) is 0 Å². The number of nitrogens with zero attached hydrogens (tertiary/aromatic N) is 3. The summed E-state index contributed by atoms with van der Waals surface area (Å²) >= 11 is 6.53. The van der Waals surface area contributed by atoms with E-state index in [2.05, 4.69) is 57.1 Å². The van der Waals surface area contributed by atoms with Crippen LogP contribution in [0.1, 0.15) is 16.4 Å². The van der Waals surface area contributed by atoms with E-state index >= 15 is 0 Å². The van der Waals surface area contributed by atoms with E-state index in [1.165, 1.54) is 13.1 Å². The number of aromatic nitrogens is 4. The first-order valence-corrected chi connectivity index (χ1v) is 6.63. The van der Waals surface area contributed by atoms with E-state index in [9.17, 15) is 9.59 Å². The molecule has 0 aliphatic carbocycles. The van der Waals surface area contributed by atoms with Crippen LogP contribution >= 0.6 is 31.9 Å². The summed E-state index contributed by atoms with van der Waals surface area (Å²) in [5.74, 6) is -0.278. The molecule has 0 aromatic carbocycles. The first-order valence-electron chi connectivity index (χ1n) is 4.80. The van der Waals surface area contributed by atoms with Gasteiger partial charge in [-0.25, -0.2) is 9.97 Å². The van der Waals surface area contributed by atoms with Gasteiger partial charge in [-0.05, 0) is 0 Å². The van der Waals surface area contributed by atoms with Crippen molar-refractivity contribution in [3.05, 3.63) is 22.2 Å². The molecule has 2 aromatic heterocycles. The predicted molar refractivity (Wildman–Crippen MR) is 72.9 cm³/mol. The Bertz CT molecular complexity index is 670. The molecule has 0 unspecified atom stereocenters. The van der Waals surface area contributed by atoms with Crippen molar-refractivity contribution in [1.29, 1.82) is 0 Å². The second-order valence-electron chi connectivity index (χ2n) is 3.36. The van der Waals surface area contributed by atoms with Gasteiger partial charge in [-0.15, -0.1) is 0 Å². The van der Waals surface area contributed by atoms with Gasteiger partial charge >= 0.3 is 0 Å². The molecule has 0 bridgehead atoms. The standard InChI is InChI=1S/C9H7Br2N5O2/c1-3(17)13-9-15-7-5(8(18)16-9)14-4(2-12-7)6(10)11/h2,6H,1H3,(H2,12,13,15,16,17,18). The number of halogens is 2. The highest BCUT2D eigenvalue weighted by molar-refractivity contribution is 9.24. The first-order chi connectivity index (χ1) is 8.47. The van der Waals surface area contributed by atoms with Gasteiger partial charge in [0.25, 0.3) is 5.56 Å². The van der Waals surface area contributed by atoms with E-state index in [0.717, 1.165) is 0 Å². The molecule has 0 aliphatic rings. The molecule has 7 nitrogen and oxygen atoms in total. The lowest BCUT2D eigenvalue weighted by Gasteiger charge is -2.04. The smallest absolute Gasteiger partial charge is 0.280 e. The van der Waals surface area contributed by atoms with Gasteiger partial charge in [0, 0.05) is 6.92 Å². The quantitative estimate of drug-likeness (QED) is 0.772. The van der Waals surface area contributed by atoms with Crippen LogP contribution in [0.4, 0.5) is 5.95 Å². The van der Waals surface area contributed by atoms with Crippen molar-refractivity contribution in [3.63, 3.8) is 0 Å². The maximum Gasteiger partial charge on any atom is 0.280 e. The number of nitrogens with one attached hydrogen (secondary N) is 2. The number of hydrogen-bond donors (Lipinski definition) is 2. The van der Waals surface area contributed by atoms with E-state index in [1.807, 2.05) is 0 Å². The molecule has 2 aromatic rings. The van der Waals surface area contributed by atoms with Crippen LogP contribution in [0.15, 0.2) is 11.0 Å². The van der Waals surface area contributed by atoms with Gasteiger partial charge < -0.3 is 0 Å². The average molecular weight is 377 g/mol. The lowest BCUT2D eigenvalue weighted by Crippen LogP contribution is -2.17. The Kier molecular flexibility index (Phi) is 3.71. The molecule has 2 N–H and O–H groups in total. The zero-order valence-electron chi connectivity index (χ0n) is 9.07. The molecule has 2 rings (SSSR count). The summed E-state index contributed by atoms with van der Waals surface area (Å²) in [5.41, 5.74) is 0.387. The molecule has 0 saturated heterocycles. The third-order valence-corrected chi connectivity index (χ3v) is 2.89. The Morgan fingerprint density at radius 1 is 1.44 bits per heavy atom. The molecule has 2 heterocycles. The molecule has 94 valence electrons. The second kappa shape index (κ2) is 5.11. The van der Waals surface area contributed by atoms with Gasteiger partial charge in [0.05, 0.1) is 11.9 Å². The predicted octanol–water partition coefficient (Wildman–Crippen LogP) is 1.46. The minimum atomic E-state index is -0.459. The molecule has 0 radical (unpaired) electrons. The molecule has 0 atom stereocenters. The topological polar surface area (TPSA) is 101 Å². The number of H-pyrrole nitrogens is 1. The number of carbonyl (C=O) groups excluding carboxylic acids is 1. The van der Waals surface area contributed by atoms with E-state index in [4.69, 9.17) is 0 Å². The average Bonchev–Trinajstić information content (AvgIpc) is 2.27. The summed E-state index contributed by atoms with van der Waals surface area (Å²) in [5, 5.41) is 2.38. The Morgan fingerprint density at radius 3 is 2.78 bits per heavy atom. The van der Waals surface area contributed by atoms with Crippen LogP contribution in [0.5, 0.6) is 0 Å². The highest BCUT2D eigenvalue weighted by Crippen LogP contribution is 2.27. The van der Waals surface area contributed by atoms with Crippen LogP contribution in [0.3, 0.4) is 0 Å². The zero-order valence-corrected chi connectivity index (χ0v) is 12.2. The highest BCUT2D eigenvalue weighted by Gasteiger charge is 2.11. The zero-order chi connectivity index (χ0) is 13.3. The number of anilines is 1. The van der Waals surface area contributed by atoms with Crippen LogP contribution in [-0.4, -0.2) is 25.8 Å². The number of fused-ring (bicyclic) bond motifs is 1. The largest absolute Gasteiger partial charge is 0.296 e. The molecule has 0 spiro atoms. The number of amides is 1. The maximum atomic E-state index is 11.8. The fourth-order valence-electron chi connectivity index (χ4n) is 1.26. The second-order valence-corrected chi connectivity index (χ2v) is 6.42. The van der Waals surface area contributed by atoms with E-state index < -0.39 is 5.56 Å². The molecule has 0 aliphatic heterocycles. The van der Waals surface area contributed by atoms with Crippen molar-refractivity contribution in [2.45, 2.75) is 10.7 Å². The summed E-state index contributed by atoms with van der Waals surface area (Å²) in [6.07, 6.45) is 1.49. The Hall–Kier alpha value is -1.35. The number of rotatable bonds is 2. The minimum absolute atomic E-state index is 0.0521. The van der Waals surface area contributed by atoms with Gasteiger partial charge in [-0.1, -0.05) is 31.9 Å². The van der Waals surface area contributed by atoms with Gasteiger partial charge in [0.15, 0.2) is 11.2 Å². The molecule has 0 fully saturated rings. The number of carbonyl (C=O) groups is 1. The Morgan fingerprint density at radius 2 is 2.17 bits per heavy atom. The third kappa shape index (κ3) is 2.72. The monoisotopic (exact) mass is 375 g/mol. The number of hydrogen-bond acceptors (Lipinski definition) is 5. The fraction of sp³-hybridized carbons (Fsp3) is 0.222. The lowest BCUT2D eigenvalue weighted by atomic mass is 10.4. The normalized spacial score (nSPS) is 10.9.